The number of benzene rings is 1. The van der Waals surface area contributed by atoms with E-state index < -0.39 is 0 Å². The van der Waals surface area contributed by atoms with Gasteiger partial charge in [0, 0.05) is 32.0 Å². The van der Waals surface area contributed by atoms with Gasteiger partial charge >= 0.3 is 6.03 Å². The van der Waals surface area contributed by atoms with E-state index in [-0.39, 0.29) is 6.03 Å². The first-order chi connectivity index (χ1) is 11.2. The number of nitrogens with one attached hydrogen (secondary N) is 2. The number of aryl methyl sites for hydroxylation is 1. The normalized spacial score (nSPS) is 10.7. The first-order valence-corrected chi connectivity index (χ1v) is 7.56. The highest BCUT2D eigenvalue weighted by Gasteiger charge is 2.06. The maximum atomic E-state index is 11.8. The Hall–Kier alpha value is -2.89. The van der Waals surface area contributed by atoms with Crippen molar-refractivity contribution in [3.63, 3.8) is 0 Å². The van der Waals surface area contributed by atoms with Crippen LogP contribution >= 0.6 is 0 Å². The fourth-order valence-corrected chi connectivity index (χ4v) is 2.51. The van der Waals surface area contributed by atoms with Crippen molar-refractivity contribution < 1.29 is 4.79 Å². The Balaban J connectivity index is 1.50. The predicted molar refractivity (Wildman–Crippen MR) is 88.9 cm³/mol. The molecule has 118 valence electrons. The van der Waals surface area contributed by atoms with Gasteiger partial charge in [-0.15, -0.1) is 0 Å². The van der Waals surface area contributed by atoms with E-state index in [2.05, 4.69) is 25.2 Å². The second-order valence-corrected chi connectivity index (χ2v) is 5.27. The van der Waals surface area contributed by atoms with Gasteiger partial charge in [0.2, 0.25) is 0 Å². The molecule has 2 amide bonds. The number of rotatable bonds is 5. The van der Waals surface area contributed by atoms with Gasteiger partial charge in [-0.2, -0.15) is 0 Å². The van der Waals surface area contributed by atoms with Crippen LogP contribution in [-0.2, 0) is 13.1 Å². The van der Waals surface area contributed by atoms with Gasteiger partial charge in [0.25, 0.3) is 0 Å². The number of para-hydroxylation sites is 2. The van der Waals surface area contributed by atoms with Gasteiger partial charge in [-0.25, -0.2) is 9.78 Å². The van der Waals surface area contributed by atoms with E-state index in [0.29, 0.717) is 19.6 Å². The fourth-order valence-electron chi connectivity index (χ4n) is 2.51. The summed E-state index contributed by atoms with van der Waals surface area (Å²) in [6.45, 7) is 3.67. The second kappa shape index (κ2) is 6.91. The lowest BCUT2D eigenvalue weighted by Gasteiger charge is -2.10. The molecule has 0 radical (unpaired) electrons. The lowest BCUT2D eigenvalue weighted by molar-refractivity contribution is 0.240. The molecule has 3 aromatic rings. The summed E-state index contributed by atoms with van der Waals surface area (Å²) in [5.41, 5.74) is 3.03. The molecule has 0 saturated heterocycles. The molecule has 0 bridgehead atoms. The summed E-state index contributed by atoms with van der Waals surface area (Å²) >= 11 is 0. The van der Waals surface area contributed by atoms with Crippen molar-refractivity contribution in [2.75, 3.05) is 6.54 Å². The lowest BCUT2D eigenvalue weighted by atomic mass is 10.3. The molecule has 0 fully saturated rings. The Morgan fingerprint density at radius 1 is 1.17 bits per heavy atom. The number of aromatic nitrogens is 3. The molecule has 0 saturated carbocycles. The smallest absolute Gasteiger partial charge is 0.315 e. The number of carbonyl (C=O) groups excluding carboxylic acids is 1. The standard InChI is InChI=1S/C17H19N5O/c1-13-21-15-6-2-3-7-16(15)22(13)10-9-19-17(23)20-12-14-5-4-8-18-11-14/h2-8,11H,9-10,12H2,1H3,(H2,19,20,23). The van der Waals surface area contributed by atoms with Gasteiger partial charge in [0.05, 0.1) is 11.0 Å². The third-order valence-electron chi connectivity index (χ3n) is 3.64. The molecule has 0 aliphatic heterocycles. The van der Waals surface area contributed by atoms with Gasteiger partial charge in [-0.1, -0.05) is 18.2 Å². The lowest BCUT2D eigenvalue weighted by Crippen LogP contribution is -2.36. The fraction of sp³-hybridized carbons (Fsp3) is 0.235. The summed E-state index contributed by atoms with van der Waals surface area (Å²) in [7, 11) is 0. The first kappa shape index (κ1) is 15.0. The topological polar surface area (TPSA) is 71.8 Å². The molecular weight excluding hydrogens is 290 g/mol. The summed E-state index contributed by atoms with van der Waals surface area (Å²) in [4.78, 5) is 20.4. The molecule has 0 aliphatic rings. The summed E-state index contributed by atoms with van der Waals surface area (Å²) in [6, 6.07) is 11.6. The van der Waals surface area contributed by atoms with Crippen molar-refractivity contribution >= 4 is 17.1 Å². The quantitative estimate of drug-likeness (QED) is 0.759. The van der Waals surface area contributed by atoms with Crippen LogP contribution in [0.5, 0.6) is 0 Å². The minimum atomic E-state index is -0.184. The second-order valence-electron chi connectivity index (χ2n) is 5.27. The summed E-state index contributed by atoms with van der Waals surface area (Å²) in [6.07, 6.45) is 3.45. The zero-order chi connectivity index (χ0) is 16.1. The number of imidazole rings is 1. The number of nitrogens with zero attached hydrogens (tertiary/aromatic N) is 3. The molecule has 23 heavy (non-hydrogen) atoms. The van der Waals surface area contributed by atoms with Crippen molar-refractivity contribution in [3.05, 3.63) is 60.2 Å². The Labute approximate surface area is 134 Å². The number of fused-ring (bicyclic) bond motifs is 1. The molecule has 2 N–H and O–H groups in total. The van der Waals surface area contributed by atoms with Crippen molar-refractivity contribution in [3.8, 4) is 0 Å². The van der Waals surface area contributed by atoms with E-state index >= 15 is 0 Å². The van der Waals surface area contributed by atoms with Crippen molar-refractivity contribution in [2.24, 2.45) is 0 Å². The SMILES string of the molecule is Cc1nc2ccccc2n1CCNC(=O)NCc1cccnc1. The van der Waals surface area contributed by atoms with Crippen molar-refractivity contribution in [1.82, 2.24) is 25.2 Å². The van der Waals surface area contributed by atoms with E-state index in [9.17, 15) is 4.79 Å². The average Bonchev–Trinajstić information content (AvgIpc) is 2.90. The predicted octanol–water partition coefficient (Wildman–Crippen LogP) is 2.24. The van der Waals surface area contributed by atoms with Gasteiger partial charge in [0.1, 0.15) is 5.82 Å². The van der Waals surface area contributed by atoms with Crippen LogP contribution in [-0.4, -0.2) is 27.1 Å². The van der Waals surface area contributed by atoms with E-state index in [1.54, 1.807) is 12.4 Å². The van der Waals surface area contributed by atoms with Crippen LogP contribution in [0, 0.1) is 6.92 Å². The Morgan fingerprint density at radius 3 is 2.87 bits per heavy atom. The monoisotopic (exact) mass is 309 g/mol. The van der Waals surface area contributed by atoms with Crippen LogP contribution in [0.15, 0.2) is 48.8 Å². The molecule has 3 rings (SSSR count). The molecule has 2 heterocycles. The number of urea groups is 1. The molecular formula is C17H19N5O. The van der Waals surface area contributed by atoms with Crippen LogP contribution in [0.1, 0.15) is 11.4 Å². The van der Waals surface area contributed by atoms with Crippen LogP contribution in [0.3, 0.4) is 0 Å². The summed E-state index contributed by atoms with van der Waals surface area (Å²) in [5.74, 6) is 0.948. The largest absolute Gasteiger partial charge is 0.336 e. The maximum absolute atomic E-state index is 11.8. The summed E-state index contributed by atoms with van der Waals surface area (Å²) in [5, 5.41) is 5.68. The minimum absolute atomic E-state index is 0.184. The van der Waals surface area contributed by atoms with E-state index in [1.807, 2.05) is 43.3 Å². The third-order valence-corrected chi connectivity index (χ3v) is 3.64. The minimum Gasteiger partial charge on any atom is -0.336 e. The molecule has 0 atom stereocenters. The molecule has 6 heteroatoms. The molecule has 6 nitrogen and oxygen atoms in total. The zero-order valence-electron chi connectivity index (χ0n) is 13.0. The highest BCUT2D eigenvalue weighted by atomic mass is 16.2. The van der Waals surface area contributed by atoms with Crippen molar-refractivity contribution in [1.29, 1.82) is 0 Å². The highest BCUT2D eigenvalue weighted by Crippen LogP contribution is 2.14. The number of amides is 2. The number of pyridine rings is 1. The van der Waals surface area contributed by atoms with Crippen LogP contribution < -0.4 is 10.6 Å². The first-order valence-electron chi connectivity index (χ1n) is 7.56. The molecule has 0 spiro atoms. The van der Waals surface area contributed by atoms with Crippen molar-refractivity contribution in [2.45, 2.75) is 20.0 Å². The average molecular weight is 309 g/mol. The maximum Gasteiger partial charge on any atom is 0.315 e. The van der Waals surface area contributed by atoms with Crippen LogP contribution in [0.2, 0.25) is 0 Å². The zero-order valence-corrected chi connectivity index (χ0v) is 13.0. The van der Waals surface area contributed by atoms with E-state index in [1.165, 1.54) is 0 Å². The third kappa shape index (κ3) is 3.66. The molecule has 0 aliphatic carbocycles. The number of carbonyl (C=O) groups is 1. The highest BCUT2D eigenvalue weighted by molar-refractivity contribution is 5.76. The van der Waals surface area contributed by atoms with E-state index in [0.717, 1.165) is 22.4 Å². The van der Waals surface area contributed by atoms with Crippen LogP contribution in [0.4, 0.5) is 4.79 Å². The number of hydrogen-bond donors (Lipinski definition) is 2. The molecule has 1 aromatic carbocycles. The van der Waals surface area contributed by atoms with Crippen LogP contribution in [0.25, 0.3) is 11.0 Å². The Kier molecular flexibility index (Phi) is 4.52. The van der Waals surface area contributed by atoms with E-state index in [4.69, 9.17) is 0 Å². The summed E-state index contributed by atoms with van der Waals surface area (Å²) < 4.78 is 2.11. The number of hydrogen-bond acceptors (Lipinski definition) is 3. The van der Waals surface area contributed by atoms with Gasteiger partial charge < -0.3 is 15.2 Å². The molecule has 0 unspecified atom stereocenters. The van der Waals surface area contributed by atoms with Gasteiger partial charge in [-0.05, 0) is 30.7 Å². The Morgan fingerprint density at radius 2 is 2.04 bits per heavy atom. The molecule has 2 aromatic heterocycles. The Bertz CT molecular complexity index is 797. The van der Waals surface area contributed by atoms with Gasteiger partial charge in [-0.3, -0.25) is 4.98 Å². The van der Waals surface area contributed by atoms with Gasteiger partial charge in [0.15, 0.2) is 0 Å².